The molecule has 0 spiro atoms. The van der Waals surface area contributed by atoms with Gasteiger partial charge in [-0.05, 0) is 92.2 Å². The third-order valence-corrected chi connectivity index (χ3v) is 8.21. The Morgan fingerprint density at radius 2 is 1.25 bits per heavy atom. The molecule has 6 atom stereocenters. The number of hydrogen-bond acceptors (Lipinski definition) is 2. The van der Waals surface area contributed by atoms with Gasteiger partial charge in [0, 0.05) is 24.2 Å². The van der Waals surface area contributed by atoms with Gasteiger partial charge in [-0.3, -0.25) is 9.59 Å². The first-order valence-electron chi connectivity index (χ1n) is 11.3. The fourth-order valence-electron chi connectivity index (χ4n) is 6.71. The number of carbonyl (C=O) groups excluding carboxylic acids is 2. The topological polar surface area (TPSA) is 58.2 Å². The molecule has 1 aromatic rings. The van der Waals surface area contributed by atoms with Crippen molar-refractivity contribution in [2.24, 2.45) is 35.5 Å². The molecule has 0 unspecified atom stereocenters. The Morgan fingerprint density at radius 1 is 0.750 bits per heavy atom. The number of nitrogens with one attached hydrogen (secondary N) is 2. The van der Waals surface area contributed by atoms with Gasteiger partial charge in [-0.2, -0.15) is 0 Å². The third-order valence-electron chi connectivity index (χ3n) is 8.21. The van der Waals surface area contributed by atoms with Crippen molar-refractivity contribution >= 4 is 11.8 Å². The van der Waals surface area contributed by atoms with Gasteiger partial charge in [0.25, 0.3) is 11.8 Å². The number of benzene rings is 1. The van der Waals surface area contributed by atoms with Crippen LogP contribution in [0.15, 0.2) is 24.3 Å². The average Bonchev–Trinajstić information content (AvgIpc) is 3.52. The summed E-state index contributed by atoms with van der Waals surface area (Å²) in [6.45, 7) is 1.56. The first-order chi connectivity index (χ1) is 13.7. The molecule has 28 heavy (non-hydrogen) atoms. The van der Waals surface area contributed by atoms with E-state index in [1.807, 2.05) is 18.2 Å². The standard InChI is InChI=1S/C24H32N2O2/c27-23(25-13-21-10-15-4-6-17(21)8-15)19-2-1-3-20(12-19)24(28)26-14-22-11-16-5-7-18(22)9-16/h1-3,12,15-18,21-22H,4-11,13-14H2,(H,25,27)(H,26,28)/t15-,16+,17-,18-,21+,22+/m1/s1. The van der Waals surface area contributed by atoms with Gasteiger partial charge in [0.15, 0.2) is 0 Å². The van der Waals surface area contributed by atoms with Crippen LogP contribution in [-0.2, 0) is 0 Å². The Morgan fingerprint density at radius 3 is 1.64 bits per heavy atom. The molecule has 5 rings (SSSR count). The van der Waals surface area contributed by atoms with Crippen molar-refractivity contribution in [1.82, 2.24) is 10.6 Å². The van der Waals surface area contributed by atoms with Crippen LogP contribution in [0.3, 0.4) is 0 Å². The zero-order valence-electron chi connectivity index (χ0n) is 16.7. The monoisotopic (exact) mass is 380 g/mol. The number of rotatable bonds is 6. The summed E-state index contributed by atoms with van der Waals surface area (Å²) in [7, 11) is 0. The zero-order chi connectivity index (χ0) is 19.1. The fraction of sp³-hybridized carbons (Fsp3) is 0.667. The van der Waals surface area contributed by atoms with Crippen LogP contribution in [-0.4, -0.2) is 24.9 Å². The first kappa shape index (κ1) is 18.2. The molecule has 4 fully saturated rings. The smallest absolute Gasteiger partial charge is 0.251 e. The second-order valence-corrected chi connectivity index (χ2v) is 9.87. The number of fused-ring (bicyclic) bond motifs is 4. The van der Waals surface area contributed by atoms with Crippen molar-refractivity contribution in [3.05, 3.63) is 35.4 Å². The summed E-state index contributed by atoms with van der Waals surface area (Å²) in [5.74, 6) is 4.62. The molecular formula is C24H32N2O2. The highest BCUT2D eigenvalue weighted by molar-refractivity contribution is 5.99. The van der Waals surface area contributed by atoms with Gasteiger partial charge in [0.05, 0.1) is 0 Å². The van der Waals surface area contributed by atoms with Gasteiger partial charge in [-0.15, -0.1) is 0 Å². The predicted molar refractivity (Wildman–Crippen MR) is 109 cm³/mol. The normalized spacial score (nSPS) is 35.3. The zero-order valence-corrected chi connectivity index (χ0v) is 16.7. The molecule has 4 heteroatoms. The van der Waals surface area contributed by atoms with Crippen molar-refractivity contribution in [1.29, 1.82) is 0 Å². The highest BCUT2D eigenvalue weighted by Crippen LogP contribution is 2.48. The number of amides is 2. The van der Waals surface area contributed by atoms with Crippen molar-refractivity contribution in [2.75, 3.05) is 13.1 Å². The minimum atomic E-state index is -0.0504. The van der Waals surface area contributed by atoms with Crippen LogP contribution in [0.1, 0.15) is 72.1 Å². The maximum Gasteiger partial charge on any atom is 0.251 e. The Bertz CT molecular complexity index is 701. The lowest BCUT2D eigenvalue weighted by molar-refractivity contribution is 0.0941. The predicted octanol–water partition coefficient (Wildman–Crippen LogP) is 4.02. The van der Waals surface area contributed by atoms with Crippen molar-refractivity contribution in [2.45, 2.75) is 51.4 Å². The van der Waals surface area contributed by atoms with E-state index in [-0.39, 0.29) is 11.8 Å². The van der Waals surface area contributed by atoms with Crippen LogP contribution < -0.4 is 10.6 Å². The van der Waals surface area contributed by atoms with Crippen LogP contribution in [0, 0.1) is 35.5 Å². The minimum absolute atomic E-state index is 0.0504. The lowest BCUT2D eigenvalue weighted by Gasteiger charge is -2.22. The van der Waals surface area contributed by atoms with Crippen LogP contribution in [0.5, 0.6) is 0 Å². The summed E-state index contributed by atoms with van der Waals surface area (Å²) in [4.78, 5) is 25.2. The maximum absolute atomic E-state index is 12.6. The van der Waals surface area contributed by atoms with E-state index in [1.165, 1.54) is 51.4 Å². The maximum atomic E-state index is 12.6. The Labute approximate surface area is 167 Å². The van der Waals surface area contributed by atoms with Crippen LogP contribution in [0.2, 0.25) is 0 Å². The van der Waals surface area contributed by atoms with E-state index in [0.29, 0.717) is 23.0 Å². The van der Waals surface area contributed by atoms with Crippen molar-refractivity contribution < 1.29 is 9.59 Å². The second kappa shape index (κ2) is 7.53. The van der Waals surface area contributed by atoms with Gasteiger partial charge < -0.3 is 10.6 Å². The molecule has 1 aromatic carbocycles. The summed E-state index contributed by atoms with van der Waals surface area (Å²) < 4.78 is 0. The van der Waals surface area contributed by atoms with E-state index >= 15 is 0 Å². The molecule has 150 valence electrons. The minimum Gasteiger partial charge on any atom is -0.352 e. The van der Waals surface area contributed by atoms with Crippen LogP contribution >= 0.6 is 0 Å². The van der Waals surface area contributed by atoms with Gasteiger partial charge >= 0.3 is 0 Å². The highest BCUT2D eigenvalue weighted by Gasteiger charge is 2.40. The number of carbonyl (C=O) groups is 2. The molecule has 4 bridgehead atoms. The van der Waals surface area contributed by atoms with E-state index < -0.39 is 0 Å². The first-order valence-corrected chi connectivity index (χ1v) is 11.3. The lowest BCUT2D eigenvalue weighted by atomic mass is 9.89. The SMILES string of the molecule is O=C(NC[C@@H]1C[C@@H]2CC[C@@H]1C2)c1cccc(C(=O)NC[C@@H]2C[C@H]3CC[C@@H]2C3)c1. The van der Waals surface area contributed by atoms with Gasteiger partial charge in [0.2, 0.25) is 0 Å². The van der Waals surface area contributed by atoms with E-state index in [9.17, 15) is 9.59 Å². The Balaban J connectivity index is 1.14. The summed E-state index contributed by atoms with van der Waals surface area (Å²) >= 11 is 0. The van der Waals surface area contributed by atoms with E-state index in [0.717, 1.165) is 36.8 Å². The van der Waals surface area contributed by atoms with E-state index in [4.69, 9.17) is 0 Å². The molecule has 0 heterocycles. The second-order valence-electron chi connectivity index (χ2n) is 9.87. The molecule has 2 N–H and O–H groups in total. The lowest BCUT2D eigenvalue weighted by Crippen LogP contribution is -2.33. The molecule has 0 aromatic heterocycles. The molecule has 4 nitrogen and oxygen atoms in total. The average molecular weight is 381 g/mol. The summed E-state index contributed by atoms with van der Waals surface area (Å²) in [6.07, 6.45) is 10.7. The Kier molecular flexibility index (Phi) is 4.90. The molecule has 4 aliphatic carbocycles. The largest absolute Gasteiger partial charge is 0.352 e. The fourth-order valence-corrected chi connectivity index (χ4v) is 6.71. The number of hydrogen-bond donors (Lipinski definition) is 2. The molecule has 4 aliphatic rings. The molecule has 2 amide bonds. The molecule has 0 radical (unpaired) electrons. The van der Waals surface area contributed by atoms with E-state index in [2.05, 4.69) is 10.6 Å². The molecule has 0 aliphatic heterocycles. The van der Waals surface area contributed by atoms with Gasteiger partial charge in [-0.1, -0.05) is 18.9 Å². The van der Waals surface area contributed by atoms with Crippen molar-refractivity contribution in [3.8, 4) is 0 Å². The summed E-state index contributed by atoms with van der Waals surface area (Å²) in [5, 5.41) is 6.23. The Hall–Kier alpha value is -1.84. The highest BCUT2D eigenvalue weighted by atomic mass is 16.2. The van der Waals surface area contributed by atoms with Gasteiger partial charge in [-0.25, -0.2) is 0 Å². The molecule has 0 saturated heterocycles. The molecule has 4 saturated carbocycles. The summed E-state index contributed by atoms with van der Waals surface area (Å²) in [6, 6.07) is 7.18. The van der Waals surface area contributed by atoms with Gasteiger partial charge in [0.1, 0.15) is 0 Å². The van der Waals surface area contributed by atoms with E-state index in [1.54, 1.807) is 6.07 Å². The quantitative estimate of drug-likeness (QED) is 0.783. The molecular weight excluding hydrogens is 348 g/mol. The summed E-state index contributed by atoms with van der Waals surface area (Å²) in [5.41, 5.74) is 1.19. The van der Waals surface area contributed by atoms with Crippen molar-refractivity contribution in [3.63, 3.8) is 0 Å². The van der Waals surface area contributed by atoms with Crippen LogP contribution in [0.25, 0.3) is 0 Å². The third kappa shape index (κ3) is 3.58. The van der Waals surface area contributed by atoms with Crippen LogP contribution in [0.4, 0.5) is 0 Å².